The van der Waals surface area contributed by atoms with Crippen LogP contribution in [0.1, 0.15) is 49.4 Å². The van der Waals surface area contributed by atoms with E-state index in [0.717, 1.165) is 24.5 Å². The van der Waals surface area contributed by atoms with Gasteiger partial charge in [-0.2, -0.15) is 0 Å². The number of aryl methyl sites for hydroxylation is 1. The molecule has 1 aromatic heterocycles. The molecule has 2 aromatic rings. The van der Waals surface area contributed by atoms with Crippen molar-refractivity contribution in [3.63, 3.8) is 0 Å². The maximum atomic E-state index is 4.68. The third-order valence-corrected chi connectivity index (χ3v) is 4.18. The average Bonchev–Trinajstić information content (AvgIpc) is 3.32. The molecule has 0 radical (unpaired) electrons. The summed E-state index contributed by atoms with van der Waals surface area (Å²) >= 11 is 0. The van der Waals surface area contributed by atoms with Crippen LogP contribution in [0.15, 0.2) is 18.2 Å². The van der Waals surface area contributed by atoms with Crippen LogP contribution in [-0.4, -0.2) is 22.6 Å². The Bertz CT molecular complexity index is 579. The van der Waals surface area contributed by atoms with Crippen molar-refractivity contribution in [2.24, 2.45) is 0 Å². The fourth-order valence-corrected chi connectivity index (χ4v) is 2.67. The van der Waals surface area contributed by atoms with Gasteiger partial charge in [0, 0.05) is 12.0 Å². The van der Waals surface area contributed by atoms with Crippen molar-refractivity contribution in [2.75, 3.05) is 6.54 Å². The molecule has 4 rings (SSSR count). The number of benzene rings is 1. The van der Waals surface area contributed by atoms with Crippen LogP contribution in [0.4, 0.5) is 0 Å². The molecule has 0 unspecified atom stereocenters. The van der Waals surface area contributed by atoms with E-state index in [1.165, 1.54) is 49.0 Å². The minimum absolute atomic E-state index is 0.707. The van der Waals surface area contributed by atoms with Gasteiger partial charge in [-0.15, -0.1) is 0 Å². The monoisotopic (exact) mass is 255 g/mol. The van der Waals surface area contributed by atoms with E-state index in [0.29, 0.717) is 5.92 Å². The Labute approximate surface area is 113 Å². The normalized spacial score (nSPS) is 19.2. The summed E-state index contributed by atoms with van der Waals surface area (Å²) in [6.45, 7) is 1.15. The molecular weight excluding hydrogens is 234 g/mol. The van der Waals surface area contributed by atoms with Crippen molar-refractivity contribution >= 4 is 11.0 Å². The Morgan fingerprint density at radius 3 is 2.89 bits per heavy atom. The highest BCUT2D eigenvalue weighted by Crippen LogP contribution is 2.39. The molecule has 2 saturated carbocycles. The van der Waals surface area contributed by atoms with Crippen LogP contribution in [-0.2, 0) is 6.42 Å². The van der Waals surface area contributed by atoms with Gasteiger partial charge < -0.3 is 10.3 Å². The van der Waals surface area contributed by atoms with Crippen molar-refractivity contribution in [2.45, 2.75) is 50.5 Å². The van der Waals surface area contributed by atoms with Crippen LogP contribution in [0.25, 0.3) is 11.0 Å². The summed E-state index contributed by atoms with van der Waals surface area (Å²) in [6.07, 6.45) is 7.76. The number of hydrogen-bond donors (Lipinski definition) is 2. The zero-order valence-corrected chi connectivity index (χ0v) is 11.3. The standard InChI is InChI=1S/C16H21N3/c1(9-17-13-6-7-13)2-11-3-8-14-15(10-11)19-16(18-14)12-4-5-12/h3,8,10,12-13,17H,1-2,4-7,9H2,(H,18,19). The molecule has 1 heterocycles. The molecule has 0 atom stereocenters. The second kappa shape index (κ2) is 4.64. The summed E-state index contributed by atoms with van der Waals surface area (Å²) in [4.78, 5) is 8.17. The van der Waals surface area contributed by atoms with E-state index in [1.807, 2.05) is 0 Å². The van der Waals surface area contributed by atoms with Crippen LogP contribution >= 0.6 is 0 Å². The summed E-state index contributed by atoms with van der Waals surface area (Å²) in [6, 6.07) is 7.51. The Morgan fingerprint density at radius 1 is 1.21 bits per heavy atom. The van der Waals surface area contributed by atoms with E-state index >= 15 is 0 Å². The van der Waals surface area contributed by atoms with Gasteiger partial charge in [-0.25, -0.2) is 4.98 Å². The molecule has 0 saturated heterocycles. The van der Waals surface area contributed by atoms with E-state index < -0.39 is 0 Å². The van der Waals surface area contributed by atoms with Gasteiger partial charge in [0.1, 0.15) is 5.82 Å². The molecule has 0 amide bonds. The van der Waals surface area contributed by atoms with Gasteiger partial charge in [-0.05, 0) is 62.8 Å². The van der Waals surface area contributed by atoms with Gasteiger partial charge in [0.25, 0.3) is 0 Å². The second-order valence-corrected chi connectivity index (χ2v) is 6.08. The van der Waals surface area contributed by atoms with Gasteiger partial charge >= 0.3 is 0 Å². The summed E-state index contributed by atoms with van der Waals surface area (Å²) in [5.74, 6) is 1.90. The zero-order valence-electron chi connectivity index (χ0n) is 11.3. The third kappa shape index (κ3) is 2.66. The third-order valence-electron chi connectivity index (χ3n) is 4.18. The fourth-order valence-electron chi connectivity index (χ4n) is 2.67. The Hall–Kier alpha value is -1.35. The number of rotatable bonds is 6. The highest BCUT2D eigenvalue weighted by atomic mass is 14.9. The van der Waals surface area contributed by atoms with E-state index in [9.17, 15) is 0 Å². The van der Waals surface area contributed by atoms with E-state index in [2.05, 4.69) is 33.5 Å². The largest absolute Gasteiger partial charge is 0.342 e. The second-order valence-electron chi connectivity index (χ2n) is 6.08. The lowest BCUT2D eigenvalue weighted by atomic mass is 10.1. The number of imidazole rings is 1. The Morgan fingerprint density at radius 2 is 2.11 bits per heavy atom. The molecule has 1 aromatic carbocycles. The van der Waals surface area contributed by atoms with Crippen molar-refractivity contribution in [3.05, 3.63) is 29.6 Å². The zero-order chi connectivity index (χ0) is 12.7. The molecule has 2 aliphatic rings. The molecule has 100 valence electrons. The molecular formula is C16H21N3. The summed E-state index contributed by atoms with van der Waals surface area (Å²) in [5, 5.41) is 3.57. The van der Waals surface area contributed by atoms with Crippen LogP contribution in [0.5, 0.6) is 0 Å². The van der Waals surface area contributed by atoms with Crippen molar-refractivity contribution in [1.82, 2.24) is 15.3 Å². The number of fused-ring (bicyclic) bond motifs is 1. The first-order valence-electron chi connectivity index (χ1n) is 7.60. The summed E-state index contributed by atoms with van der Waals surface area (Å²) in [5.41, 5.74) is 3.77. The topological polar surface area (TPSA) is 40.7 Å². The lowest BCUT2D eigenvalue weighted by Crippen LogP contribution is -2.17. The molecule has 0 bridgehead atoms. The highest BCUT2D eigenvalue weighted by molar-refractivity contribution is 5.76. The summed E-state index contributed by atoms with van der Waals surface area (Å²) < 4.78 is 0. The van der Waals surface area contributed by atoms with Gasteiger partial charge in [0.2, 0.25) is 0 Å². The predicted octanol–water partition coefficient (Wildman–Crippen LogP) is 3.12. The molecule has 0 spiro atoms. The van der Waals surface area contributed by atoms with Crippen LogP contribution in [0.2, 0.25) is 0 Å². The number of nitrogens with one attached hydrogen (secondary N) is 2. The van der Waals surface area contributed by atoms with E-state index in [-0.39, 0.29) is 0 Å². The molecule has 2 N–H and O–H groups in total. The fraction of sp³-hybridized carbons (Fsp3) is 0.562. The number of aromatic amines is 1. The first-order chi connectivity index (χ1) is 9.38. The van der Waals surface area contributed by atoms with Crippen LogP contribution < -0.4 is 5.32 Å². The van der Waals surface area contributed by atoms with Crippen molar-refractivity contribution in [3.8, 4) is 0 Å². The average molecular weight is 255 g/mol. The van der Waals surface area contributed by atoms with E-state index in [1.54, 1.807) is 0 Å². The Kier molecular flexibility index (Phi) is 2.80. The quantitative estimate of drug-likeness (QED) is 0.779. The van der Waals surface area contributed by atoms with Crippen LogP contribution in [0, 0.1) is 0 Å². The molecule has 3 nitrogen and oxygen atoms in total. The molecule has 2 fully saturated rings. The number of H-pyrrole nitrogens is 1. The number of hydrogen-bond acceptors (Lipinski definition) is 2. The SMILES string of the molecule is c1cc2nc(C3CC3)[nH]c2cc1CCCNC1CC1. The van der Waals surface area contributed by atoms with Gasteiger partial charge in [-0.1, -0.05) is 6.07 Å². The predicted molar refractivity (Wildman–Crippen MR) is 77.4 cm³/mol. The first-order valence-corrected chi connectivity index (χ1v) is 7.60. The van der Waals surface area contributed by atoms with Crippen molar-refractivity contribution < 1.29 is 0 Å². The molecule has 19 heavy (non-hydrogen) atoms. The minimum atomic E-state index is 0.707. The molecule has 3 heteroatoms. The van der Waals surface area contributed by atoms with Crippen LogP contribution in [0.3, 0.4) is 0 Å². The highest BCUT2D eigenvalue weighted by Gasteiger charge is 2.26. The first kappa shape index (κ1) is 11.5. The number of nitrogens with zero attached hydrogens (tertiary/aromatic N) is 1. The lowest BCUT2D eigenvalue weighted by molar-refractivity contribution is 0.646. The smallest absolute Gasteiger partial charge is 0.110 e. The van der Waals surface area contributed by atoms with E-state index in [4.69, 9.17) is 0 Å². The Balaban J connectivity index is 1.41. The maximum Gasteiger partial charge on any atom is 0.110 e. The van der Waals surface area contributed by atoms with Gasteiger partial charge in [0.15, 0.2) is 0 Å². The molecule has 0 aliphatic heterocycles. The van der Waals surface area contributed by atoms with Gasteiger partial charge in [-0.3, -0.25) is 0 Å². The number of aromatic nitrogens is 2. The lowest BCUT2D eigenvalue weighted by Gasteiger charge is -2.03. The summed E-state index contributed by atoms with van der Waals surface area (Å²) in [7, 11) is 0. The minimum Gasteiger partial charge on any atom is -0.342 e. The van der Waals surface area contributed by atoms with Crippen molar-refractivity contribution in [1.29, 1.82) is 0 Å². The maximum absolute atomic E-state index is 4.68. The molecule has 2 aliphatic carbocycles. The van der Waals surface area contributed by atoms with Gasteiger partial charge in [0.05, 0.1) is 11.0 Å².